The van der Waals surface area contributed by atoms with E-state index in [1.165, 1.54) is 18.8 Å². The Bertz CT molecular complexity index is 743. The zero-order chi connectivity index (χ0) is 14.8. The largest absolute Gasteiger partial charge is 0.303 e. The molecule has 7 nitrogen and oxygen atoms in total. The van der Waals surface area contributed by atoms with Gasteiger partial charge in [0.25, 0.3) is 6.54 Å². The number of carbonyl (C=O) groups is 1. The molecule has 0 saturated carbocycles. The monoisotopic (exact) mass is 295 g/mol. The van der Waals surface area contributed by atoms with Crippen molar-refractivity contribution >= 4 is 27.0 Å². The van der Waals surface area contributed by atoms with E-state index in [9.17, 15) is 13.2 Å². The van der Waals surface area contributed by atoms with Crippen molar-refractivity contribution in [1.29, 1.82) is 0 Å². The number of hydrogen-bond donors (Lipinski definition) is 1. The highest BCUT2D eigenvalue weighted by Crippen LogP contribution is 2.06. The molecule has 0 fully saturated rings. The van der Waals surface area contributed by atoms with Gasteiger partial charge in [0.05, 0.1) is 0 Å². The lowest BCUT2D eigenvalue weighted by atomic mass is 10.2. The molecule has 0 radical (unpaired) electrons. The fourth-order valence-electron chi connectivity index (χ4n) is 1.56. The fraction of sp³-hybridized carbons (Fsp3) is 0.250. The van der Waals surface area contributed by atoms with E-state index in [0.29, 0.717) is 0 Å². The third-order valence-electron chi connectivity index (χ3n) is 2.63. The van der Waals surface area contributed by atoms with Crippen molar-refractivity contribution in [3.63, 3.8) is 0 Å². The van der Waals surface area contributed by atoms with Gasteiger partial charge in [-0.05, 0) is 6.07 Å². The number of benzene rings is 1. The van der Waals surface area contributed by atoms with Crippen LogP contribution in [0.3, 0.4) is 0 Å². The van der Waals surface area contributed by atoms with Gasteiger partial charge in [0, 0.05) is 30.6 Å². The van der Waals surface area contributed by atoms with Crippen molar-refractivity contribution in [1.82, 2.24) is 14.1 Å². The summed E-state index contributed by atoms with van der Waals surface area (Å²) >= 11 is 0. The Hall–Kier alpha value is -2.06. The number of nitrogens with one attached hydrogen (secondary N) is 1. The number of hydrogen-bond acceptors (Lipinski definition) is 4. The number of nitrogens with zero attached hydrogens (tertiary/aromatic N) is 3. The Kier molecular flexibility index (Phi) is 3.96. The smallest absolute Gasteiger partial charge is 0.266 e. The second kappa shape index (κ2) is 5.51. The predicted octanol–water partition coefficient (Wildman–Crippen LogP) is -0.555. The van der Waals surface area contributed by atoms with Gasteiger partial charge >= 0.3 is 16.1 Å². The molecule has 1 aromatic heterocycles. The fourth-order valence-corrected chi connectivity index (χ4v) is 2.10. The number of aromatic nitrogens is 2. The Balaban J connectivity index is 2.14. The summed E-state index contributed by atoms with van der Waals surface area (Å²) in [5, 5.41) is 5.19. The van der Waals surface area contributed by atoms with Gasteiger partial charge in [-0.1, -0.05) is 22.9 Å². The average molecular weight is 295 g/mol. The molecule has 106 valence electrons. The van der Waals surface area contributed by atoms with Gasteiger partial charge in [0.15, 0.2) is 6.20 Å². The minimum atomic E-state index is -3.77. The van der Waals surface area contributed by atoms with E-state index in [0.717, 1.165) is 15.2 Å². The van der Waals surface area contributed by atoms with E-state index in [1.807, 2.05) is 35.1 Å². The summed E-state index contributed by atoms with van der Waals surface area (Å²) in [5.41, 5.74) is 0.735. The molecule has 1 N–H and O–H groups in total. The number of rotatable bonds is 4. The first-order valence-electron chi connectivity index (χ1n) is 5.87. The topological polar surface area (TPSA) is 83.2 Å². The molecule has 0 aliphatic carbocycles. The highest BCUT2D eigenvalue weighted by atomic mass is 32.2. The molecular weight excluding hydrogens is 280 g/mol. The van der Waals surface area contributed by atoms with Gasteiger partial charge in [-0.2, -0.15) is 12.7 Å². The van der Waals surface area contributed by atoms with Crippen molar-refractivity contribution in [2.24, 2.45) is 0 Å². The molecule has 0 saturated heterocycles. The molecule has 1 amide bonds. The molecule has 2 aromatic rings. The Morgan fingerprint density at radius 2 is 2.00 bits per heavy atom. The summed E-state index contributed by atoms with van der Waals surface area (Å²) in [5.74, 6) is -0.647. The first-order valence-corrected chi connectivity index (χ1v) is 7.31. The van der Waals surface area contributed by atoms with Crippen molar-refractivity contribution < 1.29 is 17.9 Å². The Labute approximate surface area is 117 Å². The van der Waals surface area contributed by atoms with E-state index >= 15 is 0 Å². The van der Waals surface area contributed by atoms with Crippen LogP contribution >= 0.6 is 0 Å². The summed E-state index contributed by atoms with van der Waals surface area (Å²) in [6.45, 7) is -0.169. The Morgan fingerprint density at radius 1 is 1.30 bits per heavy atom. The number of carbonyl (C=O) groups excluding carboxylic acids is 1. The van der Waals surface area contributed by atoms with Gasteiger partial charge in [-0.15, -0.1) is 0 Å². The van der Waals surface area contributed by atoms with E-state index in [-0.39, 0.29) is 6.54 Å². The molecule has 1 heterocycles. The molecule has 2 rings (SSSR count). The zero-order valence-corrected chi connectivity index (χ0v) is 12.0. The van der Waals surface area contributed by atoms with Gasteiger partial charge in [0.1, 0.15) is 5.52 Å². The van der Waals surface area contributed by atoms with Gasteiger partial charge in [-0.25, -0.2) is 4.72 Å². The van der Waals surface area contributed by atoms with Crippen LogP contribution in [0.2, 0.25) is 0 Å². The maximum absolute atomic E-state index is 11.7. The number of fused-ring (bicyclic) bond motifs is 1. The quantitative estimate of drug-likeness (QED) is 0.767. The highest BCUT2D eigenvalue weighted by Gasteiger charge is 2.20. The molecular formula is C12H15N4O3S+. The van der Waals surface area contributed by atoms with E-state index < -0.39 is 16.1 Å². The van der Waals surface area contributed by atoms with Crippen molar-refractivity contribution in [2.75, 3.05) is 14.1 Å². The highest BCUT2D eigenvalue weighted by molar-refractivity contribution is 7.87. The average Bonchev–Trinajstić information content (AvgIpc) is 2.37. The van der Waals surface area contributed by atoms with Crippen LogP contribution in [-0.2, 0) is 21.5 Å². The second-order valence-corrected chi connectivity index (χ2v) is 6.27. The molecule has 8 heteroatoms. The van der Waals surface area contributed by atoms with Crippen LogP contribution in [-0.4, -0.2) is 37.8 Å². The molecule has 0 atom stereocenters. The molecule has 0 bridgehead atoms. The zero-order valence-electron chi connectivity index (χ0n) is 11.1. The third kappa shape index (κ3) is 3.28. The van der Waals surface area contributed by atoms with Crippen LogP contribution in [0.1, 0.15) is 0 Å². The Morgan fingerprint density at radius 3 is 2.70 bits per heavy atom. The summed E-state index contributed by atoms with van der Waals surface area (Å²) in [6.07, 6.45) is 1.63. The summed E-state index contributed by atoms with van der Waals surface area (Å²) in [6, 6.07) is 9.28. The molecule has 0 spiro atoms. The molecule has 20 heavy (non-hydrogen) atoms. The van der Waals surface area contributed by atoms with Crippen LogP contribution in [0.4, 0.5) is 0 Å². The maximum atomic E-state index is 11.7. The molecule has 0 aliphatic rings. The van der Waals surface area contributed by atoms with E-state index in [1.54, 1.807) is 6.20 Å². The minimum Gasteiger partial charge on any atom is -0.266 e. The third-order valence-corrected chi connectivity index (χ3v) is 4.08. The second-order valence-electron chi connectivity index (χ2n) is 4.38. The summed E-state index contributed by atoms with van der Waals surface area (Å²) < 4.78 is 27.3. The van der Waals surface area contributed by atoms with Gasteiger partial charge in [0.2, 0.25) is 0 Å². The lowest BCUT2D eigenvalue weighted by molar-refractivity contribution is -0.740. The predicted molar refractivity (Wildman–Crippen MR) is 72.7 cm³/mol. The molecule has 0 aliphatic heterocycles. The van der Waals surface area contributed by atoms with E-state index in [4.69, 9.17) is 0 Å². The van der Waals surface area contributed by atoms with Gasteiger partial charge < -0.3 is 0 Å². The minimum absolute atomic E-state index is 0.169. The first kappa shape index (κ1) is 14.4. The van der Waals surface area contributed by atoms with Crippen LogP contribution < -0.4 is 9.40 Å². The molecule has 1 aromatic carbocycles. The molecule has 0 unspecified atom stereocenters. The van der Waals surface area contributed by atoms with Gasteiger partial charge in [-0.3, -0.25) is 4.79 Å². The van der Waals surface area contributed by atoms with Crippen LogP contribution in [0.25, 0.3) is 10.9 Å². The van der Waals surface area contributed by atoms with Crippen LogP contribution in [0, 0.1) is 0 Å². The normalized spacial score (nSPS) is 11.8. The SMILES string of the molecule is CN(C)S(=O)(=O)NC(=O)C[n+]1ccc2ccccc2n1. The standard InChI is InChI=1S/C12H14N4O3S/c1-15(2)20(18,19)14-12(17)9-16-8-7-10-5-3-4-6-11(10)13-16/h3-8H,9H2,1-2H3/p+1. The lowest BCUT2D eigenvalue weighted by Gasteiger charge is -2.10. The van der Waals surface area contributed by atoms with Crippen molar-refractivity contribution in [3.05, 3.63) is 36.5 Å². The van der Waals surface area contributed by atoms with Crippen LogP contribution in [0.15, 0.2) is 36.5 Å². The van der Waals surface area contributed by atoms with Crippen molar-refractivity contribution in [3.8, 4) is 0 Å². The van der Waals surface area contributed by atoms with E-state index in [2.05, 4.69) is 5.10 Å². The maximum Gasteiger partial charge on any atom is 0.303 e. The number of amides is 1. The lowest BCUT2D eigenvalue weighted by Crippen LogP contribution is -2.48. The summed E-state index contributed by atoms with van der Waals surface area (Å²) in [4.78, 5) is 11.7. The summed E-state index contributed by atoms with van der Waals surface area (Å²) in [7, 11) is -1.08. The van der Waals surface area contributed by atoms with Crippen LogP contribution in [0.5, 0.6) is 0 Å². The van der Waals surface area contributed by atoms with Crippen molar-refractivity contribution in [2.45, 2.75) is 6.54 Å². The first-order chi connectivity index (χ1) is 9.38.